The fourth-order valence-electron chi connectivity index (χ4n) is 2.47. The molecule has 1 heterocycles. The van der Waals surface area contributed by atoms with Crippen LogP contribution in [0, 0.1) is 0 Å². The van der Waals surface area contributed by atoms with E-state index in [4.69, 9.17) is 5.11 Å². The summed E-state index contributed by atoms with van der Waals surface area (Å²) in [6.45, 7) is 6.40. The third-order valence-electron chi connectivity index (χ3n) is 3.73. The summed E-state index contributed by atoms with van der Waals surface area (Å²) in [6, 6.07) is 4.91. The van der Waals surface area contributed by atoms with Gasteiger partial charge in [-0.1, -0.05) is 39.0 Å². The minimum atomic E-state index is -1.19. The summed E-state index contributed by atoms with van der Waals surface area (Å²) >= 11 is 0. The first kappa shape index (κ1) is 14.4. The normalized spacial score (nSPS) is 18.6. The second-order valence-corrected chi connectivity index (χ2v) is 6.20. The Balaban J connectivity index is 2.41. The van der Waals surface area contributed by atoms with Gasteiger partial charge in [0.25, 0.3) is 0 Å². The Hall–Kier alpha value is -2.04. The molecule has 2 N–H and O–H groups in total. The quantitative estimate of drug-likeness (QED) is 0.826. The van der Waals surface area contributed by atoms with Gasteiger partial charge in [0.05, 0.1) is 6.54 Å². The van der Waals surface area contributed by atoms with Crippen LogP contribution < -0.4 is 0 Å². The lowest BCUT2D eigenvalue weighted by molar-refractivity contribution is -0.143. The molecular weight excluding hydrogens is 258 g/mol. The van der Waals surface area contributed by atoms with Gasteiger partial charge in [-0.15, -0.1) is 0 Å². The van der Waals surface area contributed by atoms with Crippen LogP contribution in [-0.2, 0) is 23.2 Å². The molecule has 1 aliphatic rings. The SMILES string of the molecule is CC(C)(C)c1ccc2c(c1)CN(C(=O)O)[C@H](C(=O)O)C2. The highest BCUT2D eigenvalue weighted by atomic mass is 16.4. The monoisotopic (exact) mass is 277 g/mol. The average molecular weight is 277 g/mol. The summed E-state index contributed by atoms with van der Waals surface area (Å²) in [6.07, 6.45) is -0.967. The first-order chi connectivity index (χ1) is 9.20. The Morgan fingerprint density at radius 3 is 2.35 bits per heavy atom. The van der Waals surface area contributed by atoms with E-state index < -0.39 is 18.1 Å². The van der Waals surface area contributed by atoms with Crippen molar-refractivity contribution < 1.29 is 19.8 Å². The molecule has 1 aliphatic heterocycles. The number of hydrogen-bond donors (Lipinski definition) is 2. The molecule has 20 heavy (non-hydrogen) atoms. The highest BCUT2D eigenvalue weighted by Gasteiger charge is 2.34. The van der Waals surface area contributed by atoms with Crippen molar-refractivity contribution in [3.8, 4) is 0 Å². The molecule has 1 aromatic rings. The lowest BCUT2D eigenvalue weighted by atomic mass is 9.83. The van der Waals surface area contributed by atoms with Gasteiger partial charge < -0.3 is 10.2 Å². The first-order valence-corrected chi connectivity index (χ1v) is 6.55. The van der Waals surface area contributed by atoms with Gasteiger partial charge in [-0.25, -0.2) is 9.59 Å². The Morgan fingerprint density at radius 2 is 1.85 bits per heavy atom. The number of benzene rings is 1. The maximum Gasteiger partial charge on any atom is 0.408 e. The minimum Gasteiger partial charge on any atom is -0.480 e. The average Bonchev–Trinajstić information content (AvgIpc) is 2.35. The van der Waals surface area contributed by atoms with Crippen molar-refractivity contribution in [1.29, 1.82) is 0 Å². The van der Waals surface area contributed by atoms with Crippen molar-refractivity contribution in [2.24, 2.45) is 0 Å². The molecule has 108 valence electrons. The molecule has 1 amide bonds. The van der Waals surface area contributed by atoms with E-state index in [0.717, 1.165) is 21.6 Å². The molecule has 0 saturated carbocycles. The van der Waals surface area contributed by atoms with Crippen molar-refractivity contribution in [3.05, 3.63) is 34.9 Å². The fraction of sp³-hybridized carbons (Fsp3) is 0.467. The highest BCUT2D eigenvalue weighted by Crippen LogP contribution is 2.29. The van der Waals surface area contributed by atoms with Crippen LogP contribution in [0.4, 0.5) is 4.79 Å². The Bertz CT molecular complexity index is 559. The molecule has 1 aromatic carbocycles. The predicted octanol–water partition coefficient (Wildman–Crippen LogP) is 2.47. The van der Waals surface area contributed by atoms with Gasteiger partial charge in [-0.05, 0) is 22.1 Å². The van der Waals surface area contributed by atoms with Crippen molar-refractivity contribution in [1.82, 2.24) is 4.90 Å². The summed E-state index contributed by atoms with van der Waals surface area (Å²) in [7, 11) is 0. The van der Waals surface area contributed by atoms with Crippen LogP contribution in [0.15, 0.2) is 18.2 Å². The minimum absolute atomic E-state index is 0.0211. The molecule has 2 rings (SSSR count). The zero-order chi connectivity index (χ0) is 15.1. The first-order valence-electron chi connectivity index (χ1n) is 6.55. The van der Waals surface area contributed by atoms with E-state index in [0.29, 0.717) is 0 Å². The van der Waals surface area contributed by atoms with E-state index in [9.17, 15) is 14.7 Å². The van der Waals surface area contributed by atoms with Crippen molar-refractivity contribution in [2.75, 3.05) is 0 Å². The predicted molar refractivity (Wildman–Crippen MR) is 73.8 cm³/mol. The molecule has 0 bridgehead atoms. The molecule has 0 radical (unpaired) electrons. The standard InChI is InChI=1S/C15H19NO4/c1-15(2,3)11-5-4-9-7-12(13(17)18)16(14(19)20)8-10(9)6-11/h4-6,12H,7-8H2,1-3H3,(H,17,18)(H,19,20)/t12-/m0/s1. The molecular formula is C15H19NO4. The topological polar surface area (TPSA) is 77.8 Å². The number of carboxylic acids is 1. The Morgan fingerprint density at radius 1 is 1.20 bits per heavy atom. The van der Waals surface area contributed by atoms with E-state index in [1.54, 1.807) is 0 Å². The van der Waals surface area contributed by atoms with Crippen LogP contribution in [0.3, 0.4) is 0 Å². The van der Waals surface area contributed by atoms with Gasteiger partial charge in [-0.2, -0.15) is 0 Å². The fourth-order valence-corrected chi connectivity index (χ4v) is 2.47. The summed E-state index contributed by atoms with van der Waals surface area (Å²) in [5.41, 5.74) is 2.92. The zero-order valence-electron chi connectivity index (χ0n) is 11.9. The second kappa shape index (κ2) is 4.81. The Labute approximate surface area is 117 Å². The molecule has 0 fully saturated rings. The van der Waals surface area contributed by atoms with E-state index in [2.05, 4.69) is 20.8 Å². The van der Waals surface area contributed by atoms with Gasteiger partial charge in [0.2, 0.25) is 0 Å². The summed E-state index contributed by atoms with van der Waals surface area (Å²) in [4.78, 5) is 23.4. The molecule has 0 unspecified atom stereocenters. The number of hydrogen-bond acceptors (Lipinski definition) is 2. The lowest BCUT2D eigenvalue weighted by Gasteiger charge is -2.33. The lowest BCUT2D eigenvalue weighted by Crippen LogP contribution is -2.48. The van der Waals surface area contributed by atoms with Gasteiger partial charge >= 0.3 is 12.1 Å². The van der Waals surface area contributed by atoms with Crippen LogP contribution >= 0.6 is 0 Å². The van der Waals surface area contributed by atoms with E-state index in [-0.39, 0.29) is 18.4 Å². The third-order valence-corrected chi connectivity index (χ3v) is 3.73. The molecule has 1 atom stereocenters. The number of amides is 1. The van der Waals surface area contributed by atoms with Crippen LogP contribution in [0.5, 0.6) is 0 Å². The van der Waals surface area contributed by atoms with Crippen molar-refractivity contribution >= 4 is 12.1 Å². The maximum atomic E-state index is 11.2. The van der Waals surface area contributed by atoms with Crippen LogP contribution in [0.25, 0.3) is 0 Å². The molecule has 0 spiro atoms. The van der Waals surface area contributed by atoms with E-state index in [1.807, 2.05) is 18.2 Å². The summed E-state index contributed by atoms with van der Waals surface area (Å²) < 4.78 is 0. The second-order valence-electron chi connectivity index (χ2n) is 6.20. The van der Waals surface area contributed by atoms with Gasteiger partial charge in [0.1, 0.15) is 6.04 Å². The van der Waals surface area contributed by atoms with Crippen LogP contribution in [-0.4, -0.2) is 33.2 Å². The largest absolute Gasteiger partial charge is 0.480 e. The van der Waals surface area contributed by atoms with Crippen molar-refractivity contribution in [3.63, 3.8) is 0 Å². The van der Waals surface area contributed by atoms with Gasteiger partial charge in [0.15, 0.2) is 0 Å². The highest BCUT2D eigenvalue weighted by molar-refractivity contribution is 5.80. The van der Waals surface area contributed by atoms with E-state index >= 15 is 0 Å². The number of aliphatic carboxylic acids is 1. The zero-order valence-corrected chi connectivity index (χ0v) is 11.9. The molecule has 0 saturated heterocycles. The maximum absolute atomic E-state index is 11.2. The molecule has 5 nitrogen and oxygen atoms in total. The summed E-state index contributed by atoms with van der Waals surface area (Å²) in [5.74, 6) is -1.10. The number of nitrogens with zero attached hydrogens (tertiary/aromatic N) is 1. The molecule has 0 aliphatic carbocycles. The molecule has 5 heteroatoms. The number of rotatable bonds is 1. The van der Waals surface area contributed by atoms with Crippen LogP contribution in [0.1, 0.15) is 37.5 Å². The number of carboxylic acid groups (broad SMARTS) is 2. The van der Waals surface area contributed by atoms with Crippen LogP contribution in [0.2, 0.25) is 0 Å². The third kappa shape index (κ3) is 2.61. The smallest absolute Gasteiger partial charge is 0.408 e. The number of fused-ring (bicyclic) bond motifs is 1. The van der Waals surface area contributed by atoms with Gasteiger partial charge in [-0.3, -0.25) is 4.90 Å². The Kier molecular flexibility index (Phi) is 3.46. The molecule has 0 aromatic heterocycles. The van der Waals surface area contributed by atoms with Gasteiger partial charge in [0, 0.05) is 6.42 Å². The van der Waals surface area contributed by atoms with E-state index in [1.165, 1.54) is 0 Å². The van der Waals surface area contributed by atoms with Crippen molar-refractivity contribution in [2.45, 2.75) is 45.2 Å². The summed E-state index contributed by atoms with van der Waals surface area (Å²) in [5, 5.41) is 18.3. The number of carbonyl (C=O) groups is 2.